The van der Waals surface area contributed by atoms with Gasteiger partial charge in [0.2, 0.25) is 0 Å². The SMILES string of the molecule is C/C(=C\c1csc(CO)n1)[C@@H]1C/C=C(/C(F)(F)F)C[C@@H]2C[C@H]2[C@H](C)[C@H](O)[C@@H](C)C(=O)C(C)(C)[C@@H](O)CC(=O)O1. The van der Waals surface area contributed by atoms with Gasteiger partial charge >= 0.3 is 12.1 Å². The summed E-state index contributed by atoms with van der Waals surface area (Å²) in [7, 11) is 0. The van der Waals surface area contributed by atoms with E-state index in [0.717, 1.165) is 6.08 Å². The van der Waals surface area contributed by atoms with E-state index in [4.69, 9.17) is 4.74 Å². The number of esters is 1. The van der Waals surface area contributed by atoms with Gasteiger partial charge in [-0.2, -0.15) is 13.2 Å². The van der Waals surface area contributed by atoms with Crippen molar-refractivity contribution in [2.24, 2.45) is 29.1 Å². The largest absolute Gasteiger partial charge is 0.457 e. The summed E-state index contributed by atoms with van der Waals surface area (Å²) in [5, 5.41) is 33.2. The average Bonchev–Trinajstić information content (AvgIpc) is 3.49. The van der Waals surface area contributed by atoms with Gasteiger partial charge in [0, 0.05) is 23.3 Å². The number of thiazole rings is 1. The van der Waals surface area contributed by atoms with E-state index in [1.807, 2.05) is 0 Å². The maximum absolute atomic E-state index is 14.0. The Morgan fingerprint density at radius 2 is 1.90 bits per heavy atom. The number of cyclic esters (lactones) is 1. The summed E-state index contributed by atoms with van der Waals surface area (Å²) < 4.78 is 47.5. The zero-order chi connectivity index (χ0) is 29.3. The number of Topliss-reactive ketones (excluding diaryl/α,β-unsaturated/α-hetero) is 1. The highest BCUT2D eigenvalue weighted by Gasteiger charge is 2.49. The van der Waals surface area contributed by atoms with E-state index in [2.05, 4.69) is 4.98 Å². The van der Waals surface area contributed by atoms with Crippen LogP contribution in [0.4, 0.5) is 13.2 Å². The van der Waals surface area contributed by atoms with Gasteiger partial charge in [-0.15, -0.1) is 11.3 Å². The Hall–Kier alpha value is -2.08. The molecule has 0 radical (unpaired) electrons. The number of aromatic nitrogens is 1. The number of hydrogen-bond acceptors (Lipinski definition) is 8. The average molecular weight is 574 g/mol. The lowest BCUT2D eigenvalue weighted by molar-refractivity contribution is -0.154. The predicted molar refractivity (Wildman–Crippen MR) is 140 cm³/mol. The molecule has 39 heavy (non-hydrogen) atoms. The molecule has 0 unspecified atom stereocenters. The van der Waals surface area contributed by atoms with Gasteiger partial charge in [0.15, 0.2) is 0 Å². The van der Waals surface area contributed by atoms with Crippen molar-refractivity contribution in [2.75, 3.05) is 0 Å². The molecule has 218 valence electrons. The topological polar surface area (TPSA) is 117 Å². The second kappa shape index (κ2) is 12.2. The number of halogens is 3. The van der Waals surface area contributed by atoms with Crippen molar-refractivity contribution in [1.82, 2.24) is 4.98 Å². The summed E-state index contributed by atoms with van der Waals surface area (Å²) in [6.45, 7) is 7.66. The Bertz CT molecular complexity index is 1110. The molecule has 0 aromatic carbocycles. The molecule has 1 aromatic rings. The van der Waals surface area contributed by atoms with Crippen LogP contribution < -0.4 is 0 Å². The first kappa shape index (κ1) is 31.4. The molecule has 11 heteroatoms. The summed E-state index contributed by atoms with van der Waals surface area (Å²) in [5.74, 6) is -3.05. The third-order valence-electron chi connectivity index (χ3n) is 8.23. The Morgan fingerprint density at radius 1 is 1.23 bits per heavy atom. The molecule has 0 bridgehead atoms. The van der Waals surface area contributed by atoms with Crippen molar-refractivity contribution in [3.63, 3.8) is 0 Å². The van der Waals surface area contributed by atoms with Crippen LogP contribution in [0, 0.1) is 29.1 Å². The molecule has 7 atom stereocenters. The third kappa shape index (κ3) is 7.56. The summed E-state index contributed by atoms with van der Waals surface area (Å²) in [6, 6.07) is 0. The Kier molecular flexibility index (Phi) is 9.84. The van der Waals surface area contributed by atoms with Gasteiger partial charge in [0.1, 0.15) is 16.9 Å². The number of carbonyl (C=O) groups excluding carboxylic acids is 2. The van der Waals surface area contributed by atoms with Crippen molar-refractivity contribution in [3.05, 3.63) is 33.3 Å². The number of allylic oxidation sites excluding steroid dienone is 1. The fraction of sp³-hybridized carbons (Fsp3) is 0.679. The van der Waals surface area contributed by atoms with E-state index in [1.54, 1.807) is 32.2 Å². The van der Waals surface area contributed by atoms with Gasteiger partial charge in [-0.3, -0.25) is 9.59 Å². The smallest absolute Gasteiger partial charge is 0.412 e. The van der Waals surface area contributed by atoms with E-state index >= 15 is 0 Å². The van der Waals surface area contributed by atoms with Crippen molar-refractivity contribution in [3.8, 4) is 0 Å². The van der Waals surface area contributed by atoms with Crippen LogP contribution in [-0.2, 0) is 20.9 Å². The number of ketones is 1. The summed E-state index contributed by atoms with van der Waals surface area (Å²) in [4.78, 5) is 30.4. The minimum atomic E-state index is -4.58. The van der Waals surface area contributed by atoms with Gasteiger partial charge in [0.05, 0.1) is 36.3 Å². The van der Waals surface area contributed by atoms with Crippen LogP contribution >= 0.6 is 11.3 Å². The third-order valence-corrected chi connectivity index (χ3v) is 9.08. The molecule has 1 aliphatic heterocycles. The first-order valence-corrected chi connectivity index (χ1v) is 14.0. The number of hydrogen-bond donors (Lipinski definition) is 3. The standard InChI is InChI=1S/C28H38F3NO6S/c1-14(8-19-13-39-23(12-33)32-19)21-7-6-18(28(29,30)31)9-17-10-20(17)15(2)25(36)16(3)26(37)27(4,5)22(34)11-24(35)38-21/h6,8,13,15-17,20-22,25,33-34,36H,7,9-12H2,1-5H3/b14-8+,18-6+/t15-,16+,17+,20-,21-,22-,25-/m0/s1. The Balaban J connectivity index is 1.98. The predicted octanol–water partition coefficient (Wildman–Crippen LogP) is 4.85. The molecular formula is C28H38F3NO6S. The van der Waals surface area contributed by atoms with Crippen LogP contribution in [0.3, 0.4) is 0 Å². The number of alkyl halides is 3. The van der Waals surface area contributed by atoms with E-state index in [1.165, 1.54) is 25.2 Å². The van der Waals surface area contributed by atoms with Gasteiger partial charge in [-0.05, 0) is 49.2 Å². The second-order valence-corrected chi connectivity index (χ2v) is 12.4. The maximum Gasteiger partial charge on any atom is 0.412 e. The van der Waals surface area contributed by atoms with E-state index in [-0.39, 0.29) is 31.3 Å². The molecule has 2 aliphatic rings. The Morgan fingerprint density at radius 3 is 2.49 bits per heavy atom. The molecule has 0 spiro atoms. The normalized spacial score (nSPS) is 34.6. The van der Waals surface area contributed by atoms with Crippen molar-refractivity contribution in [1.29, 1.82) is 0 Å². The van der Waals surface area contributed by atoms with Crippen LogP contribution in [-0.4, -0.2) is 56.5 Å². The molecule has 1 fully saturated rings. The number of ether oxygens (including phenoxy) is 1. The summed E-state index contributed by atoms with van der Waals surface area (Å²) in [5.41, 5.74) is -1.18. The van der Waals surface area contributed by atoms with Gasteiger partial charge in [-0.25, -0.2) is 4.98 Å². The lowest BCUT2D eigenvalue weighted by Gasteiger charge is -2.34. The van der Waals surface area contributed by atoms with Crippen LogP contribution in [0.15, 0.2) is 22.6 Å². The number of carbonyl (C=O) groups is 2. The van der Waals surface area contributed by atoms with Gasteiger partial charge < -0.3 is 20.1 Å². The quantitative estimate of drug-likeness (QED) is 0.350. The monoisotopic (exact) mass is 573 g/mol. The highest BCUT2D eigenvalue weighted by Crippen LogP contribution is 2.51. The Labute approximate surface area is 230 Å². The lowest BCUT2D eigenvalue weighted by Crippen LogP contribution is -2.46. The highest BCUT2D eigenvalue weighted by molar-refractivity contribution is 7.09. The summed E-state index contributed by atoms with van der Waals surface area (Å²) >= 11 is 1.22. The molecule has 0 amide bonds. The number of aliphatic hydroxyl groups is 3. The van der Waals surface area contributed by atoms with Crippen molar-refractivity contribution in [2.45, 2.75) is 91.4 Å². The van der Waals surface area contributed by atoms with E-state index < -0.39 is 65.5 Å². The molecule has 7 nitrogen and oxygen atoms in total. The first-order valence-electron chi connectivity index (χ1n) is 13.2. The van der Waals surface area contributed by atoms with E-state index in [0.29, 0.717) is 22.7 Å². The lowest BCUT2D eigenvalue weighted by atomic mass is 9.72. The summed E-state index contributed by atoms with van der Waals surface area (Å²) in [6.07, 6.45) is -6.04. The van der Waals surface area contributed by atoms with Crippen LogP contribution in [0.25, 0.3) is 6.08 Å². The van der Waals surface area contributed by atoms with Gasteiger partial charge in [-0.1, -0.05) is 33.8 Å². The molecule has 3 N–H and O–H groups in total. The maximum atomic E-state index is 14.0. The van der Waals surface area contributed by atoms with E-state index in [9.17, 15) is 38.1 Å². The van der Waals surface area contributed by atoms with Crippen molar-refractivity contribution < 1.29 is 42.8 Å². The number of rotatable bonds is 3. The molecule has 2 heterocycles. The minimum absolute atomic E-state index is 0.164. The molecule has 3 rings (SSSR count). The van der Waals surface area contributed by atoms with Gasteiger partial charge in [0.25, 0.3) is 0 Å². The first-order chi connectivity index (χ1) is 18.1. The fourth-order valence-electron chi connectivity index (χ4n) is 5.35. The zero-order valence-corrected chi connectivity index (χ0v) is 23.7. The zero-order valence-electron chi connectivity index (χ0n) is 22.9. The molecule has 1 aliphatic carbocycles. The van der Waals surface area contributed by atoms with Crippen molar-refractivity contribution >= 4 is 29.2 Å². The second-order valence-electron chi connectivity index (χ2n) is 11.5. The number of nitrogens with zero attached hydrogens (tertiary/aromatic N) is 1. The van der Waals surface area contributed by atoms with Crippen LogP contribution in [0.2, 0.25) is 0 Å². The van der Waals surface area contributed by atoms with Crippen LogP contribution in [0.1, 0.15) is 71.0 Å². The molecule has 0 saturated heterocycles. The number of aliphatic hydroxyl groups excluding tert-OH is 3. The highest BCUT2D eigenvalue weighted by atomic mass is 32.1. The number of fused-ring (bicyclic) bond motifs is 1. The van der Waals surface area contributed by atoms with Crippen LogP contribution in [0.5, 0.6) is 0 Å². The molecule has 1 saturated carbocycles. The molecular weight excluding hydrogens is 535 g/mol. The fourth-order valence-corrected chi connectivity index (χ4v) is 5.96. The minimum Gasteiger partial charge on any atom is -0.457 e. The molecule has 1 aromatic heterocycles.